The molecule has 7 heteroatoms. The Hall–Kier alpha value is -2.83. The maximum absolute atomic E-state index is 11.3. The third-order valence-corrected chi connectivity index (χ3v) is 2.96. The molecule has 1 aliphatic heterocycles. The Balaban J connectivity index is 2.10. The Kier molecular flexibility index (Phi) is 2.67. The Labute approximate surface area is 113 Å². The summed E-state index contributed by atoms with van der Waals surface area (Å²) in [6, 6.07) is 4.93. The normalized spacial score (nSPS) is 13.3. The third kappa shape index (κ3) is 1.89. The number of carbonyl (C=O) groups is 2. The van der Waals surface area contributed by atoms with E-state index in [-0.39, 0.29) is 29.5 Å². The van der Waals surface area contributed by atoms with E-state index in [2.05, 4.69) is 10.5 Å². The van der Waals surface area contributed by atoms with Gasteiger partial charge >= 0.3 is 5.97 Å². The summed E-state index contributed by atoms with van der Waals surface area (Å²) in [5.74, 6) is -0.614. The van der Waals surface area contributed by atoms with Gasteiger partial charge in [0.2, 0.25) is 0 Å². The number of ether oxygens (including phenoxy) is 1. The van der Waals surface area contributed by atoms with Crippen molar-refractivity contribution in [3.63, 3.8) is 0 Å². The molecule has 1 amide bonds. The zero-order chi connectivity index (χ0) is 14.3. The zero-order valence-electron chi connectivity index (χ0n) is 10.5. The van der Waals surface area contributed by atoms with E-state index in [1.165, 1.54) is 6.92 Å². The molecule has 1 aromatic carbocycles. The average molecular weight is 274 g/mol. The molecule has 1 aliphatic rings. The number of amides is 1. The summed E-state index contributed by atoms with van der Waals surface area (Å²) in [6.45, 7) is 1.50. The van der Waals surface area contributed by atoms with Crippen molar-refractivity contribution < 1.29 is 24.0 Å². The zero-order valence-corrected chi connectivity index (χ0v) is 10.5. The lowest BCUT2D eigenvalue weighted by Gasteiger charge is -2.18. The number of aryl methyl sites for hydroxylation is 1. The smallest absolute Gasteiger partial charge is 0.341 e. The average Bonchev–Trinajstić information content (AvgIpc) is 2.80. The van der Waals surface area contributed by atoms with Gasteiger partial charge in [-0.05, 0) is 25.1 Å². The van der Waals surface area contributed by atoms with E-state index in [1.807, 2.05) is 0 Å². The van der Waals surface area contributed by atoms with Crippen LogP contribution in [-0.2, 0) is 4.79 Å². The quantitative estimate of drug-likeness (QED) is 0.863. The highest BCUT2D eigenvalue weighted by Gasteiger charge is 2.23. The van der Waals surface area contributed by atoms with Crippen LogP contribution >= 0.6 is 0 Å². The van der Waals surface area contributed by atoms with Gasteiger partial charge in [-0.2, -0.15) is 0 Å². The highest BCUT2D eigenvalue weighted by Crippen LogP contribution is 2.34. The van der Waals surface area contributed by atoms with Crippen LogP contribution in [0, 0.1) is 6.92 Å². The molecule has 0 bridgehead atoms. The Morgan fingerprint density at radius 3 is 3.00 bits per heavy atom. The number of anilines is 1. The molecule has 1 aromatic heterocycles. The van der Waals surface area contributed by atoms with Crippen molar-refractivity contribution in [2.75, 3.05) is 11.9 Å². The lowest BCUT2D eigenvalue weighted by atomic mass is 10.0. The first-order valence-corrected chi connectivity index (χ1v) is 5.83. The van der Waals surface area contributed by atoms with Gasteiger partial charge < -0.3 is 19.7 Å². The van der Waals surface area contributed by atoms with Crippen molar-refractivity contribution in [2.45, 2.75) is 6.92 Å². The summed E-state index contributed by atoms with van der Waals surface area (Å²) in [5.41, 5.74) is 1.24. The number of nitrogens with zero attached hydrogens (tertiary/aromatic N) is 1. The fourth-order valence-corrected chi connectivity index (χ4v) is 2.05. The van der Waals surface area contributed by atoms with Crippen LogP contribution in [0.3, 0.4) is 0 Å². The largest absolute Gasteiger partial charge is 0.482 e. The number of carboxylic acids is 1. The maximum atomic E-state index is 11.3. The first kappa shape index (κ1) is 12.2. The van der Waals surface area contributed by atoms with Crippen LogP contribution in [0.4, 0.5) is 5.69 Å². The molecule has 0 saturated heterocycles. The second-order valence-corrected chi connectivity index (χ2v) is 4.32. The van der Waals surface area contributed by atoms with Gasteiger partial charge in [-0.25, -0.2) is 4.79 Å². The molecular formula is C13H10N2O5. The van der Waals surface area contributed by atoms with E-state index in [4.69, 9.17) is 9.26 Å². The molecule has 2 heterocycles. The first-order valence-electron chi connectivity index (χ1n) is 5.83. The van der Waals surface area contributed by atoms with Crippen molar-refractivity contribution in [3.8, 4) is 17.0 Å². The summed E-state index contributed by atoms with van der Waals surface area (Å²) in [4.78, 5) is 22.5. The van der Waals surface area contributed by atoms with E-state index in [0.717, 1.165) is 0 Å². The molecule has 0 spiro atoms. The number of nitrogens with one attached hydrogen (secondary N) is 1. The molecule has 0 fully saturated rings. The fraction of sp³-hybridized carbons (Fsp3) is 0.154. The van der Waals surface area contributed by atoms with Crippen LogP contribution in [-0.4, -0.2) is 28.7 Å². The number of hydrogen-bond donors (Lipinski definition) is 2. The molecular weight excluding hydrogens is 264 g/mol. The topological polar surface area (TPSA) is 102 Å². The third-order valence-electron chi connectivity index (χ3n) is 2.96. The molecule has 3 rings (SSSR count). The van der Waals surface area contributed by atoms with Crippen molar-refractivity contribution in [3.05, 3.63) is 29.5 Å². The van der Waals surface area contributed by atoms with E-state index in [1.54, 1.807) is 18.2 Å². The number of aromatic nitrogens is 1. The van der Waals surface area contributed by atoms with Crippen LogP contribution < -0.4 is 10.1 Å². The molecule has 0 unspecified atom stereocenters. The van der Waals surface area contributed by atoms with Gasteiger partial charge in [0.1, 0.15) is 22.8 Å². The van der Waals surface area contributed by atoms with E-state index in [9.17, 15) is 14.7 Å². The van der Waals surface area contributed by atoms with Gasteiger partial charge in [-0.1, -0.05) is 5.16 Å². The molecule has 7 nitrogen and oxygen atoms in total. The number of hydrogen-bond acceptors (Lipinski definition) is 5. The van der Waals surface area contributed by atoms with Crippen LogP contribution in [0.5, 0.6) is 5.75 Å². The molecule has 102 valence electrons. The van der Waals surface area contributed by atoms with Crippen molar-refractivity contribution in [1.82, 2.24) is 5.16 Å². The number of fused-ring (bicyclic) bond motifs is 1. The van der Waals surface area contributed by atoms with E-state index < -0.39 is 5.97 Å². The lowest BCUT2D eigenvalue weighted by molar-refractivity contribution is -0.118. The van der Waals surface area contributed by atoms with Crippen molar-refractivity contribution in [2.24, 2.45) is 0 Å². The summed E-state index contributed by atoms with van der Waals surface area (Å²) in [6.07, 6.45) is 0. The predicted octanol–water partition coefficient (Wildman–Crippen LogP) is 1.68. The molecule has 0 atom stereocenters. The van der Waals surface area contributed by atoms with Gasteiger partial charge in [-0.3, -0.25) is 4.79 Å². The van der Waals surface area contributed by atoms with Crippen LogP contribution in [0.2, 0.25) is 0 Å². The summed E-state index contributed by atoms with van der Waals surface area (Å²) < 4.78 is 10.2. The minimum Gasteiger partial charge on any atom is -0.482 e. The monoisotopic (exact) mass is 274 g/mol. The number of aromatic carboxylic acids is 1. The highest BCUT2D eigenvalue weighted by molar-refractivity contribution is 5.98. The standard InChI is InChI=1S/C13H10N2O5/c1-6-11(13(17)18)12(15-20-6)7-2-3-9-8(4-7)14-10(16)5-19-9/h2-4H,5H2,1H3,(H,14,16)(H,17,18). The Bertz CT molecular complexity index is 720. The SMILES string of the molecule is Cc1onc(-c2ccc3c(c2)NC(=O)CO3)c1C(=O)O. The first-order chi connectivity index (χ1) is 9.56. The Morgan fingerprint density at radius 2 is 2.25 bits per heavy atom. The maximum Gasteiger partial charge on any atom is 0.341 e. The van der Waals surface area contributed by atoms with Crippen molar-refractivity contribution >= 4 is 17.6 Å². The van der Waals surface area contributed by atoms with Crippen LogP contribution in [0.15, 0.2) is 22.7 Å². The van der Waals surface area contributed by atoms with Crippen LogP contribution in [0.1, 0.15) is 16.1 Å². The van der Waals surface area contributed by atoms with E-state index >= 15 is 0 Å². The molecule has 0 radical (unpaired) electrons. The minimum absolute atomic E-state index is 0.00741. The van der Waals surface area contributed by atoms with Gasteiger partial charge in [-0.15, -0.1) is 0 Å². The molecule has 0 aliphatic carbocycles. The number of benzene rings is 1. The van der Waals surface area contributed by atoms with Crippen molar-refractivity contribution in [1.29, 1.82) is 0 Å². The number of carbonyl (C=O) groups excluding carboxylic acids is 1. The van der Waals surface area contributed by atoms with E-state index in [0.29, 0.717) is 17.0 Å². The minimum atomic E-state index is -1.11. The summed E-state index contributed by atoms with van der Waals surface area (Å²) >= 11 is 0. The fourth-order valence-electron chi connectivity index (χ4n) is 2.05. The lowest BCUT2D eigenvalue weighted by Crippen LogP contribution is -2.25. The second-order valence-electron chi connectivity index (χ2n) is 4.32. The molecule has 20 heavy (non-hydrogen) atoms. The highest BCUT2D eigenvalue weighted by atomic mass is 16.5. The number of rotatable bonds is 2. The van der Waals surface area contributed by atoms with Gasteiger partial charge in [0.15, 0.2) is 6.61 Å². The number of carboxylic acid groups (broad SMARTS) is 1. The van der Waals surface area contributed by atoms with Crippen LogP contribution in [0.25, 0.3) is 11.3 Å². The summed E-state index contributed by atoms with van der Waals surface area (Å²) in [5, 5.41) is 15.6. The van der Waals surface area contributed by atoms with Gasteiger partial charge in [0.05, 0.1) is 5.69 Å². The molecule has 2 aromatic rings. The second kappa shape index (κ2) is 4.37. The Morgan fingerprint density at radius 1 is 1.45 bits per heavy atom. The molecule has 2 N–H and O–H groups in total. The summed E-state index contributed by atoms with van der Waals surface area (Å²) in [7, 11) is 0. The van der Waals surface area contributed by atoms with Gasteiger partial charge in [0.25, 0.3) is 5.91 Å². The predicted molar refractivity (Wildman–Crippen MR) is 67.8 cm³/mol. The van der Waals surface area contributed by atoms with Gasteiger partial charge in [0, 0.05) is 5.56 Å². The molecule has 0 saturated carbocycles.